The Morgan fingerprint density at radius 3 is 2.48 bits per heavy atom. The van der Waals surface area contributed by atoms with Crippen molar-refractivity contribution in [3.63, 3.8) is 0 Å². The Balaban J connectivity index is 2.61. The summed E-state index contributed by atoms with van der Waals surface area (Å²) >= 11 is 0. The molecule has 7 heteroatoms. The molecule has 2 aromatic rings. The minimum Gasteiger partial charge on any atom is -0.493 e. The van der Waals surface area contributed by atoms with Crippen LogP contribution in [0.5, 0.6) is 5.88 Å². The second-order valence-electron chi connectivity index (χ2n) is 4.24. The van der Waals surface area contributed by atoms with Gasteiger partial charge in [-0.15, -0.1) is 16.7 Å². The Labute approximate surface area is 119 Å². The van der Waals surface area contributed by atoms with E-state index in [-0.39, 0.29) is 5.69 Å². The van der Waals surface area contributed by atoms with Crippen LogP contribution in [0, 0.1) is 12.3 Å². The monoisotopic (exact) mass is 284 g/mol. The fourth-order valence-electron chi connectivity index (χ4n) is 1.69. The molecule has 0 fully saturated rings. The molecule has 0 saturated carbocycles. The zero-order chi connectivity index (χ0) is 15.6. The second-order valence-corrected chi connectivity index (χ2v) is 4.24. The summed E-state index contributed by atoms with van der Waals surface area (Å²) in [6, 6.07) is 6.76. The van der Waals surface area contributed by atoms with Crippen molar-refractivity contribution in [1.82, 2.24) is 9.13 Å². The molecule has 1 heterocycles. The van der Waals surface area contributed by atoms with Gasteiger partial charge in [-0.25, -0.2) is 4.79 Å². The Kier molecular flexibility index (Phi) is 3.71. The summed E-state index contributed by atoms with van der Waals surface area (Å²) < 4.78 is 1.74. The van der Waals surface area contributed by atoms with E-state index < -0.39 is 17.1 Å². The maximum absolute atomic E-state index is 11.9. The largest absolute Gasteiger partial charge is 0.493 e. The van der Waals surface area contributed by atoms with Crippen LogP contribution in [-0.4, -0.2) is 14.2 Å². The average molecular weight is 284 g/mol. The third kappa shape index (κ3) is 2.47. The maximum Gasteiger partial charge on any atom is 0.333 e. The van der Waals surface area contributed by atoms with Gasteiger partial charge in [0.2, 0.25) is 11.6 Å². The van der Waals surface area contributed by atoms with Gasteiger partial charge >= 0.3 is 5.69 Å². The smallest absolute Gasteiger partial charge is 0.333 e. The third-order valence-corrected chi connectivity index (χ3v) is 2.93. The summed E-state index contributed by atoms with van der Waals surface area (Å²) in [6.45, 7) is 0. The van der Waals surface area contributed by atoms with Crippen LogP contribution in [0.15, 0.2) is 44.1 Å². The number of benzene rings is 1. The molecule has 0 saturated heterocycles. The number of hydrogen-bond acceptors (Lipinski definition) is 5. The van der Waals surface area contributed by atoms with E-state index in [0.29, 0.717) is 11.3 Å². The summed E-state index contributed by atoms with van der Waals surface area (Å²) in [4.78, 5) is 23.5. The lowest BCUT2D eigenvalue weighted by Crippen LogP contribution is -2.36. The molecule has 0 amide bonds. The molecule has 2 rings (SSSR count). The van der Waals surface area contributed by atoms with E-state index in [4.69, 9.17) is 6.42 Å². The first-order chi connectivity index (χ1) is 9.97. The first-order valence-electron chi connectivity index (χ1n) is 5.93. The van der Waals surface area contributed by atoms with E-state index in [1.165, 1.54) is 14.1 Å². The molecule has 0 bridgehead atoms. The van der Waals surface area contributed by atoms with Crippen molar-refractivity contribution in [3.05, 3.63) is 50.7 Å². The van der Waals surface area contributed by atoms with Crippen molar-refractivity contribution in [2.75, 3.05) is 0 Å². The SMILES string of the molecule is C#Cc1ccccc1/N=N/c1c(O)n(C)c(=O)n(C)c1=O. The van der Waals surface area contributed by atoms with Gasteiger partial charge in [-0.1, -0.05) is 18.1 Å². The highest BCUT2D eigenvalue weighted by molar-refractivity contribution is 5.54. The number of aromatic nitrogens is 2. The van der Waals surface area contributed by atoms with E-state index >= 15 is 0 Å². The highest BCUT2D eigenvalue weighted by Gasteiger charge is 2.14. The summed E-state index contributed by atoms with van der Waals surface area (Å²) in [5, 5.41) is 17.5. The molecule has 7 nitrogen and oxygen atoms in total. The maximum atomic E-state index is 11.9. The first kappa shape index (κ1) is 14.3. The molecule has 0 aliphatic carbocycles. The Morgan fingerprint density at radius 2 is 1.81 bits per heavy atom. The van der Waals surface area contributed by atoms with E-state index in [9.17, 15) is 14.7 Å². The van der Waals surface area contributed by atoms with Crippen molar-refractivity contribution >= 4 is 11.4 Å². The van der Waals surface area contributed by atoms with E-state index in [1.54, 1.807) is 24.3 Å². The molecular formula is C14H12N4O3. The molecule has 0 aliphatic heterocycles. The number of rotatable bonds is 2. The first-order valence-corrected chi connectivity index (χ1v) is 5.93. The Morgan fingerprint density at radius 1 is 1.14 bits per heavy atom. The molecule has 0 radical (unpaired) electrons. The predicted octanol–water partition coefficient (Wildman–Crippen LogP) is 1.19. The van der Waals surface area contributed by atoms with Crippen LogP contribution in [0.2, 0.25) is 0 Å². The van der Waals surface area contributed by atoms with Gasteiger partial charge in [0, 0.05) is 14.1 Å². The molecule has 0 unspecified atom stereocenters. The fraction of sp³-hybridized carbons (Fsp3) is 0.143. The molecular weight excluding hydrogens is 272 g/mol. The Bertz CT molecular complexity index is 885. The zero-order valence-corrected chi connectivity index (χ0v) is 11.4. The van der Waals surface area contributed by atoms with Crippen LogP contribution >= 0.6 is 0 Å². The van der Waals surface area contributed by atoms with Gasteiger partial charge in [-0.05, 0) is 12.1 Å². The van der Waals surface area contributed by atoms with Crippen molar-refractivity contribution in [2.45, 2.75) is 0 Å². The second kappa shape index (κ2) is 5.46. The van der Waals surface area contributed by atoms with Crippen LogP contribution in [0.1, 0.15) is 5.56 Å². The molecule has 1 aromatic heterocycles. The lowest BCUT2D eigenvalue weighted by atomic mass is 10.2. The van der Waals surface area contributed by atoms with E-state index in [1.807, 2.05) is 0 Å². The lowest BCUT2D eigenvalue weighted by Gasteiger charge is -2.06. The average Bonchev–Trinajstić information content (AvgIpc) is 2.51. The van der Waals surface area contributed by atoms with Crippen molar-refractivity contribution < 1.29 is 5.11 Å². The molecule has 1 aromatic carbocycles. The van der Waals surface area contributed by atoms with Gasteiger partial charge in [0.05, 0.1) is 5.56 Å². The topological polar surface area (TPSA) is 88.9 Å². The minimum absolute atomic E-state index is 0.327. The summed E-state index contributed by atoms with van der Waals surface area (Å²) in [5.41, 5.74) is -0.831. The van der Waals surface area contributed by atoms with E-state index in [0.717, 1.165) is 9.13 Å². The van der Waals surface area contributed by atoms with Gasteiger partial charge in [0.1, 0.15) is 5.69 Å². The van der Waals surface area contributed by atoms with Gasteiger partial charge in [0.15, 0.2) is 0 Å². The Hall–Kier alpha value is -3.14. The van der Waals surface area contributed by atoms with Crippen molar-refractivity contribution in [1.29, 1.82) is 0 Å². The van der Waals surface area contributed by atoms with Crippen molar-refractivity contribution in [3.8, 4) is 18.2 Å². The summed E-state index contributed by atoms with van der Waals surface area (Å²) in [6.07, 6.45) is 5.34. The van der Waals surface area contributed by atoms with Crippen LogP contribution in [-0.2, 0) is 14.1 Å². The van der Waals surface area contributed by atoms with Gasteiger partial charge in [-0.3, -0.25) is 13.9 Å². The quantitative estimate of drug-likeness (QED) is 0.663. The van der Waals surface area contributed by atoms with Crippen LogP contribution in [0.25, 0.3) is 0 Å². The highest BCUT2D eigenvalue weighted by Crippen LogP contribution is 2.24. The van der Waals surface area contributed by atoms with E-state index in [2.05, 4.69) is 16.1 Å². The van der Waals surface area contributed by atoms with Crippen molar-refractivity contribution in [2.24, 2.45) is 24.3 Å². The zero-order valence-electron chi connectivity index (χ0n) is 11.4. The molecule has 0 aliphatic rings. The van der Waals surface area contributed by atoms with Gasteiger partial charge < -0.3 is 5.11 Å². The molecule has 106 valence electrons. The predicted molar refractivity (Wildman–Crippen MR) is 77.1 cm³/mol. The standard InChI is InChI=1S/C14H12N4O3/c1-4-9-7-5-6-8-10(9)15-16-11-12(19)17(2)14(21)18(3)13(11)20/h1,5-8,19H,2-3H3/b16-15+. The third-order valence-electron chi connectivity index (χ3n) is 2.93. The normalized spacial score (nSPS) is 10.7. The van der Waals surface area contributed by atoms with Gasteiger partial charge in [-0.2, -0.15) is 0 Å². The number of hydrogen-bond donors (Lipinski definition) is 1. The highest BCUT2D eigenvalue weighted by atomic mass is 16.3. The number of terminal acetylenes is 1. The van der Waals surface area contributed by atoms with Crippen LogP contribution in [0.3, 0.4) is 0 Å². The summed E-state index contributed by atoms with van der Waals surface area (Å²) in [7, 11) is 2.62. The van der Waals surface area contributed by atoms with Gasteiger partial charge in [0.25, 0.3) is 5.56 Å². The molecule has 0 spiro atoms. The molecule has 21 heavy (non-hydrogen) atoms. The number of nitrogens with zero attached hydrogens (tertiary/aromatic N) is 4. The molecule has 1 N–H and O–H groups in total. The minimum atomic E-state index is -0.738. The molecule has 0 atom stereocenters. The number of azo groups is 1. The van der Waals surface area contributed by atoms with Crippen LogP contribution in [0.4, 0.5) is 11.4 Å². The lowest BCUT2D eigenvalue weighted by molar-refractivity contribution is 0.413. The van der Waals surface area contributed by atoms with Crippen LogP contribution < -0.4 is 11.2 Å². The number of aromatic hydroxyl groups is 1. The fourth-order valence-corrected chi connectivity index (χ4v) is 1.69. The summed E-state index contributed by atoms with van der Waals surface area (Å²) in [5.74, 6) is 1.89.